The normalized spacial score (nSPS) is 20.2. The summed E-state index contributed by atoms with van der Waals surface area (Å²) in [6.45, 7) is 6.65. The molecular weight excluding hydrogens is 817 g/mol. The molecule has 3 aliphatic rings. The summed E-state index contributed by atoms with van der Waals surface area (Å²) in [5, 5.41) is 10.5. The van der Waals surface area contributed by atoms with Gasteiger partial charge in [0.1, 0.15) is 17.7 Å². The van der Waals surface area contributed by atoms with Crippen molar-refractivity contribution in [1.82, 2.24) is 40.4 Å². The number of imidazole rings is 2. The summed E-state index contributed by atoms with van der Waals surface area (Å²) in [4.78, 5) is 61.1. The van der Waals surface area contributed by atoms with E-state index in [1.165, 1.54) is 7.11 Å². The van der Waals surface area contributed by atoms with Crippen molar-refractivity contribution in [2.24, 2.45) is 17.8 Å². The Hall–Kier alpha value is -6.31. The largest absolute Gasteiger partial charge is 0.453 e. The van der Waals surface area contributed by atoms with Gasteiger partial charge in [-0.3, -0.25) is 14.5 Å². The standard InChI is InChI=1S/C52H58N8O5/c1-30(2)45(58-52(63)65-4)51(62)60-23-9-14-43(60)48-53-40-21-17-36-25-34(15-19-38(36)46(40)56-48)35-16-20-39-37(26-35)18-22-41-47(39)57-49(54-41)44-24-31(29-64-3)27-59(44)28-42(32-10-6-5-7-11-32)55-50(61)33-12-8-13-33/h5-7,10-11,15-22,25-26,30-31,33,42-45H,8-9,12-14,23-24,27-29H2,1-4H3,(H,53,56)(H,54,57)(H,55,61)(H,58,63)/t31-,42-,43-,44-,45-/m0/s1. The molecule has 7 aromatic rings. The molecule has 1 saturated carbocycles. The first-order chi connectivity index (χ1) is 31.6. The van der Waals surface area contributed by atoms with Gasteiger partial charge in [-0.05, 0) is 95.7 Å². The van der Waals surface area contributed by atoms with Crippen LogP contribution in [-0.4, -0.2) is 94.1 Å². The maximum Gasteiger partial charge on any atom is 0.407 e. The second-order valence-electron chi connectivity index (χ2n) is 18.7. The van der Waals surface area contributed by atoms with Gasteiger partial charge in [-0.1, -0.05) is 87.0 Å². The highest BCUT2D eigenvalue weighted by atomic mass is 16.5. The monoisotopic (exact) mass is 874 g/mol. The number of rotatable bonds is 13. The number of likely N-dealkylation sites (tertiary alicyclic amines) is 2. The summed E-state index contributed by atoms with van der Waals surface area (Å²) in [6.07, 6.45) is 4.99. The van der Waals surface area contributed by atoms with Crippen LogP contribution in [0, 0.1) is 17.8 Å². The molecule has 0 radical (unpaired) electrons. The maximum absolute atomic E-state index is 13.8. The molecule has 0 bridgehead atoms. The van der Waals surface area contributed by atoms with Crippen molar-refractivity contribution in [3.8, 4) is 11.1 Å². The van der Waals surface area contributed by atoms with E-state index in [4.69, 9.17) is 19.4 Å². The minimum absolute atomic E-state index is 0.0471. The molecule has 1 aliphatic carbocycles. The Bertz CT molecular complexity index is 2890. The Morgan fingerprint density at radius 3 is 2.00 bits per heavy atom. The fourth-order valence-corrected chi connectivity index (χ4v) is 10.5. The molecule has 4 heterocycles. The third kappa shape index (κ3) is 8.31. The Morgan fingerprint density at radius 1 is 0.769 bits per heavy atom. The van der Waals surface area contributed by atoms with E-state index in [0.717, 1.165) is 117 Å². The maximum atomic E-state index is 13.8. The number of fused-ring (bicyclic) bond motifs is 6. The molecule has 13 nitrogen and oxygen atoms in total. The van der Waals surface area contributed by atoms with Crippen LogP contribution in [0.15, 0.2) is 91.0 Å². The van der Waals surface area contributed by atoms with E-state index in [9.17, 15) is 14.4 Å². The van der Waals surface area contributed by atoms with Gasteiger partial charge in [-0.15, -0.1) is 0 Å². The number of carbonyl (C=O) groups excluding carboxylic acids is 3. The zero-order chi connectivity index (χ0) is 44.8. The van der Waals surface area contributed by atoms with Crippen LogP contribution in [0.2, 0.25) is 0 Å². The highest BCUT2D eigenvalue weighted by molar-refractivity contribution is 6.07. The molecule has 2 aliphatic heterocycles. The number of amides is 3. The van der Waals surface area contributed by atoms with E-state index in [1.54, 1.807) is 7.11 Å². The first kappa shape index (κ1) is 42.6. The smallest absolute Gasteiger partial charge is 0.407 e. The van der Waals surface area contributed by atoms with Crippen LogP contribution >= 0.6 is 0 Å². The van der Waals surface area contributed by atoms with Crippen LogP contribution in [0.4, 0.5) is 4.79 Å². The van der Waals surface area contributed by atoms with Crippen LogP contribution in [0.3, 0.4) is 0 Å². The lowest BCUT2D eigenvalue weighted by Crippen LogP contribution is -2.51. The number of nitrogens with zero attached hydrogens (tertiary/aromatic N) is 4. The summed E-state index contributed by atoms with van der Waals surface area (Å²) >= 11 is 0. The molecular formula is C52H58N8O5. The van der Waals surface area contributed by atoms with E-state index in [-0.39, 0.29) is 41.8 Å². The van der Waals surface area contributed by atoms with E-state index >= 15 is 0 Å². The van der Waals surface area contributed by atoms with Crippen molar-refractivity contribution >= 4 is 61.5 Å². The number of methoxy groups -OCH3 is 2. The molecule has 10 rings (SSSR count). The molecule has 3 fully saturated rings. The van der Waals surface area contributed by atoms with Gasteiger partial charge in [-0.25, -0.2) is 14.8 Å². The van der Waals surface area contributed by atoms with Gasteiger partial charge >= 0.3 is 6.09 Å². The van der Waals surface area contributed by atoms with Gasteiger partial charge in [0.25, 0.3) is 0 Å². The molecule has 3 amide bonds. The van der Waals surface area contributed by atoms with E-state index in [0.29, 0.717) is 25.6 Å². The zero-order valence-electron chi connectivity index (χ0n) is 37.6. The Balaban J connectivity index is 0.906. The number of hydrogen-bond acceptors (Lipinski definition) is 8. The van der Waals surface area contributed by atoms with Crippen molar-refractivity contribution in [2.45, 2.75) is 76.5 Å². The Labute approximate surface area is 378 Å². The van der Waals surface area contributed by atoms with E-state index in [1.807, 2.05) is 43.0 Å². The number of aromatic nitrogens is 4. The first-order valence-electron chi connectivity index (χ1n) is 23.2. The lowest BCUT2D eigenvalue weighted by molar-refractivity contribution is -0.135. The lowest BCUT2D eigenvalue weighted by Gasteiger charge is -2.31. The second kappa shape index (κ2) is 17.9. The fourth-order valence-electron chi connectivity index (χ4n) is 10.5. The lowest BCUT2D eigenvalue weighted by atomic mass is 9.84. The summed E-state index contributed by atoms with van der Waals surface area (Å²) in [5.41, 5.74) is 7.09. The third-order valence-electron chi connectivity index (χ3n) is 14.2. The topological polar surface area (TPSA) is 158 Å². The van der Waals surface area contributed by atoms with Gasteiger partial charge in [-0.2, -0.15) is 0 Å². The van der Waals surface area contributed by atoms with Gasteiger partial charge < -0.3 is 35.0 Å². The van der Waals surface area contributed by atoms with E-state index < -0.39 is 12.1 Å². The molecule has 0 spiro atoms. The molecule has 0 unspecified atom stereocenters. The molecule has 5 aromatic carbocycles. The van der Waals surface area contributed by atoms with E-state index in [2.05, 4.69) is 92.2 Å². The predicted octanol–water partition coefficient (Wildman–Crippen LogP) is 9.12. The highest BCUT2D eigenvalue weighted by Crippen LogP contribution is 2.40. The molecule has 4 N–H and O–H groups in total. The minimum Gasteiger partial charge on any atom is -0.453 e. The molecule has 65 heavy (non-hydrogen) atoms. The van der Waals surface area contributed by atoms with Crippen LogP contribution < -0.4 is 10.6 Å². The van der Waals surface area contributed by atoms with Crippen molar-refractivity contribution in [3.05, 3.63) is 108 Å². The fraction of sp³-hybridized carbons (Fsp3) is 0.404. The van der Waals surface area contributed by atoms with Gasteiger partial charge in [0, 0.05) is 43.4 Å². The van der Waals surface area contributed by atoms with Crippen molar-refractivity contribution < 1.29 is 23.9 Å². The number of alkyl carbamates (subject to hydrolysis) is 1. The molecule has 13 heteroatoms. The quantitative estimate of drug-likeness (QED) is 0.0894. The van der Waals surface area contributed by atoms with Crippen LogP contribution in [0.5, 0.6) is 0 Å². The summed E-state index contributed by atoms with van der Waals surface area (Å²) in [7, 11) is 3.07. The first-order valence-corrected chi connectivity index (χ1v) is 23.2. The number of aromatic amines is 2. The van der Waals surface area contributed by atoms with Crippen molar-refractivity contribution in [2.75, 3.05) is 40.5 Å². The Morgan fingerprint density at radius 2 is 1.42 bits per heavy atom. The SMILES string of the molecule is COC[C@H]1C[C@@H](c2nc3ccc4cc(-c5ccc6c(ccc7nc([C@@H]8CCCN8C(=O)[C@@H](NC(=O)OC)C(C)C)[nH]c76)c5)ccc4c3[nH]2)N(C[C@H](NC(=O)C2CCC2)c2ccccc2)C1. The van der Waals surface area contributed by atoms with Crippen LogP contribution in [0.25, 0.3) is 54.7 Å². The van der Waals surface area contributed by atoms with Gasteiger partial charge in [0.2, 0.25) is 11.8 Å². The minimum atomic E-state index is -0.691. The number of ether oxygens (including phenoxy) is 2. The Kier molecular flexibility index (Phi) is 11.8. The number of benzene rings is 5. The van der Waals surface area contributed by atoms with Gasteiger partial charge in [0.05, 0.1) is 53.9 Å². The number of nitrogens with one attached hydrogen (secondary N) is 4. The zero-order valence-corrected chi connectivity index (χ0v) is 37.6. The molecule has 336 valence electrons. The number of H-pyrrole nitrogens is 2. The second-order valence-corrected chi connectivity index (χ2v) is 18.7. The van der Waals surface area contributed by atoms with Crippen molar-refractivity contribution in [1.29, 1.82) is 0 Å². The highest BCUT2D eigenvalue weighted by Gasteiger charge is 2.39. The average molecular weight is 875 g/mol. The number of hydrogen-bond donors (Lipinski definition) is 4. The summed E-state index contributed by atoms with van der Waals surface area (Å²) in [6, 6.07) is 31.0. The molecule has 5 atom stereocenters. The predicted molar refractivity (Wildman–Crippen MR) is 253 cm³/mol. The summed E-state index contributed by atoms with van der Waals surface area (Å²) < 4.78 is 10.5. The molecule has 2 aromatic heterocycles. The summed E-state index contributed by atoms with van der Waals surface area (Å²) in [5.74, 6) is 2.08. The molecule has 2 saturated heterocycles. The van der Waals surface area contributed by atoms with Crippen molar-refractivity contribution in [3.63, 3.8) is 0 Å². The van der Waals surface area contributed by atoms with Gasteiger partial charge in [0.15, 0.2) is 0 Å². The number of carbonyl (C=O) groups is 3. The van der Waals surface area contributed by atoms with Crippen LogP contribution in [0.1, 0.15) is 87.7 Å². The third-order valence-corrected chi connectivity index (χ3v) is 14.2. The van der Waals surface area contributed by atoms with Crippen LogP contribution in [-0.2, 0) is 19.1 Å². The average Bonchev–Trinajstić information content (AvgIpc) is 4.13.